The molecule has 7 heteroatoms. The van der Waals surface area contributed by atoms with E-state index in [9.17, 15) is 8.42 Å². The maximum atomic E-state index is 11.6. The quantitative estimate of drug-likeness (QED) is 0.464. The van der Waals surface area contributed by atoms with Crippen molar-refractivity contribution in [1.82, 2.24) is 10.3 Å². The summed E-state index contributed by atoms with van der Waals surface area (Å²) < 4.78 is 23.1. The van der Waals surface area contributed by atoms with Gasteiger partial charge in [0.2, 0.25) is 0 Å². The molecule has 1 heterocycles. The van der Waals surface area contributed by atoms with E-state index in [4.69, 9.17) is 5.73 Å². The van der Waals surface area contributed by atoms with Crippen molar-refractivity contribution in [3.63, 3.8) is 0 Å². The standard InChI is InChI=1S/C12H18N4O2S/c1-9(2)7-15-12(13)16-8-10-11(19(3,17)18)5-4-6-14-10/h4-6H,1,7-8H2,2-3H3,(H3,13,15,16). The molecule has 0 aromatic carbocycles. The van der Waals surface area contributed by atoms with Crippen molar-refractivity contribution < 1.29 is 8.42 Å². The predicted octanol–water partition coefficient (Wildman–Crippen LogP) is 0.465. The van der Waals surface area contributed by atoms with E-state index in [1.807, 2.05) is 6.92 Å². The molecule has 1 aromatic heterocycles. The molecule has 0 radical (unpaired) electrons. The Hall–Kier alpha value is -1.89. The van der Waals surface area contributed by atoms with Gasteiger partial charge in [-0.2, -0.15) is 0 Å². The molecule has 1 aromatic rings. The smallest absolute Gasteiger partial charge is 0.189 e. The number of aromatic nitrogens is 1. The van der Waals surface area contributed by atoms with Crippen LogP contribution in [0.25, 0.3) is 0 Å². The Balaban J connectivity index is 2.84. The summed E-state index contributed by atoms with van der Waals surface area (Å²) in [7, 11) is -3.31. The third-order valence-electron chi connectivity index (χ3n) is 2.22. The predicted molar refractivity (Wildman–Crippen MR) is 75.5 cm³/mol. The minimum atomic E-state index is -3.31. The van der Waals surface area contributed by atoms with Crippen LogP contribution in [0.4, 0.5) is 0 Å². The van der Waals surface area contributed by atoms with Crippen LogP contribution < -0.4 is 11.1 Å². The number of hydrogen-bond donors (Lipinski definition) is 2. The van der Waals surface area contributed by atoms with Gasteiger partial charge in [-0.05, 0) is 19.1 Å². The van der Waals surface area contributed by atoms with Gasteiger partial charge in [-0.15, -0.1) is 0 Å². The van der Waals surface area contributed by atoms with E-state index in [2.05, 4.69) is 21.9 Å². The van der Waals surface area contributed by atoms with Crippen molar-refractivity contribution in [3.8, 4) is 0 Å². The fourth-order valence-corrected chi connectivity index (χ4v) is 2.21. The average Bonchev–Trinajstić information content (AvgIpc) is 2.33. The monoisotopic (exact) mass is 282 g/mol. The van der Waals surface area contributed by atoms with Crippen LogP contribution in [0, 0.1) is 0 Å². The van der Waals surface area contributed by atoms with Gasteiger partial charge in [0, 0.05) is 19.0 Å². The van der Waals surface area contributed by atoms with Crippen molar-refractivity contribution >= 4 is 15.8 Å². The highest BCUT2D eigenvalue weighted by atomic mass is 32.2. The average molecular weight is 282 g/mol. The van der Waals surface area contributed by atoms with Gasteiger partial charge in [0.15, 0.2) is 15.8 Å². The zero-order valence-electron chi connectivity index (χ0n) is 11.0. The van der Waals surface area contributed by atoms with Crippen LogP contribution in [0.3, 0.4) is 0 Å². The molecule has 0 saturated heterocycles. The Kier molecular flexibility index (Phi) is 5.05. The van der Waals surface area contributed by atoms with Crippen LogP contribution in [-0.2, 0) is 16.4 Å². The van der Waals surface area contributed by atoms with E-state index >= 15 is 0 Å². The molecule has 0 spiro atoms. The van der Waals surface area contributed by atoms with E-state index in [-0.39, 0.29) is 17.4 Å². The third kappa shape index (κ3) is 5.09. The first-order valence-electron chi connectivity index (χ1n) is 5.63. The van der Waals surface area contributed by atoms with Crippen LogP contribution in [0.2, 0.25) is 0 Å². The largest absolute Gasteiger partial charge is 0.370 e. The summed E-state index contributed by atoms with van der Waals surface area (Å²) in [4.78, 5) is 8.25. The molecule has 0 aliphatic heterocycles. The van der Waals surface area contributed by atoms with Gasteiger partial charge in [-0.25, -0.2) is 13.4 Å². The molecule has 0 bridgehead atoms. The highest BCUT2D eigenvalue weighted by molar-refractivity contribution is 7.90. The van der Waals surface area contributed by atoms with E-state index in [1.165, 1.54) is 12.3 Å². The lowest BCUT2D eigenvalue weighted by Crippen LogP contribution is -2.32. The molecule has 0 atom stereocenters. The number of nitrogens with zero attached hydrogens (tertiary/aromatic N) is 2. The maximum absolute atomic E-state index is 11.6. The summed E-state index contributed by atoms with van der Waals surface area (Å²) in [6.45, 7) is 6.22. The highest BCUT2D eigenvalue weighted by Crippen LogP contribution is 2.13. The van der Waals surface area contributed by atoms with Crippen molar-refractivity contribution in [2.24, 2.45) is 10.7 Å². The van der Waals surface area contributed by atoms with Gasteiger partial charge < -0.3 is 11.1 Å². The van der Waals surface area contributed by atoms with Crippen molar-refractivity contribution in [1.29, 1.82) is 0 Å². The first-order valence-corrected chi connectivity index (χ1v) is 7.52. The van der Waals surface area contributed by atoms with Gasteiger partial charge in [0.25, 0.3) is 0 Å². The second-order valence-corrected chi connectivity index (χ2v) is 6.22. The minimum Gasteiger partial charge on any atom is -0.370 e. The van der Waals surface area contributed by atoms with Gasteiger partial charge in [0.05, 0.1) is 17.1 Å². The summed E-state index contributed by atoms with van der Waals surface area (Å²) in [6.07, 6.45) is 2.66. The molecular weight excluding hydrogens is 264 g/mol. The van der Waals surface area contributed by atoms with Crippen LogP contribution in [0.15, 0.2) is 40.4 Å². The molecule has 3 N–H and O–H groups in total. The van der Waals surface area contributed by atoms with E-state index in [0.717, 1.165) is 11.8 Å². The van der Waals surface area contributed by atoms with Crippen molar-refractivity contribution in [2.45, 2.75) is 18.4 Å². The molecule has 104 valence electrons. The number of aliphatic imine (C=N–C) groups is 1. The SMILES string of the molecule is C=C(C)CNC(N)=NCc1ncccc1S(C)(=O)=O. The molecule has 6 nitrogen and oxygen atoms in total. The topological polar surface area (TPSA) is 97.4 Å². The Morgan fingerprint density at radius 3 is 2.84 bits per heavy atom. The van der Waals surface area contributed by atoms with E-state index < -0.39 is 9.84 Å². The van der Waals surface area contributed by atoms with Gasteiger partial charge in [-0.3, -0.25) is 4.98 Å². The summed E-state index contributed by atoms with van der Waals surface area (Å²) in [5.74, 6) is 0.230. The molecule has 0 aliphatic rings. The second kappa shape index (κ2) is 6.33. The third-order valence-corrected chi connectivity index (χ3v) is 3.39. The van der Waals surface area contributed by atoms with Crippen LogP contribution in [0.5, 0.6) is 0 Å². The van der Waals surface area contributed by atoms with E-state index in [1.54, 1.807) is 6.07 Å². The molecule has 19 heavy (non-hydrogen) atoms. The number of nitrogens with one attached hydrogen (secondary N) is 1. The van der Waals surface area contributed by atoms with Gasteiger partial charge >= 0.3 is 0 Å². The van der Waals surface area contributed by atoms with Crippen molar-refractivity contribution in [2.75, 3.05) is 12.8 Å². The number of sulfone groups is 1. The number of nitrogens with two attached hydrogens (primary N) is 1. The fourth-order valence-electron chi connectivity index (χ4n) is 1.34. The zero-order chi connectivity index (χ0) is 14.5. The van der Waals surface area contributed by atoms with Crippen molar-refractivity contribution in [3.05, 3.63) is 36.2 Å². The lowest BCUT2D eigenvalue weighted by atomic mass is 10.3. The molecular formula is C12H18N4O2S. The zero-order valence-corrected chi connectivity index (χ0v) is 11.9. The lowest BCUT2D eigenvalue weighted by Gasteiger charge is -2.06. The minimum absolute atomic E-state index is 0.109. The first kappa shape index (κ1) is 15.2. The number of pyridine rings is 1. The molecule has 0 saturated carbocycles. The Morgan fingerprint density at radius 2 is 2.26 bits per heavy atom. The highest BCUT2D eigenvalue weighted by Gasteiger charge is 2.13. The summed E-state index contributed by atoms with van der Waals surface area (Å²) in [6, 6.07) is 3.08. The van der Waals surface area contributed by atoms with Crippen LogP contribution in [-0.4, -0.2) is 32.2 Å². The second-order valence-electron chi connectivity index (χ2n) is 4.23. The molecule has 0 fully saturated rings. The molecule has 0 unspecified atom stereocenters. The number of hydrogen-bond acceptors (Lipinski definition) is 4. The summed E-state index contributed by atoms with van der Waals surface area (Å²) in [5, 5.41) is 2.86. The van der Waals surface area contributed by atoms with Crippen LogP contribution in [0.1, 0.15) is 12.6 Å². The fraction of sp³-hybridized carbons (Fsp3) is 0.333. The Bertz CT molecular complexity index is 594. The summed E-state index contributed by atoms with van der Waals surface area (Å²) >= 11 is 0. The molecule has 1 rings (SSSR count). The summed E-state index contributed by atoms with van der Waals surface area (Å²) in [5.41, 5.74) is 6.95. The van der Waals surface area contributed by atoms with Gasteiger partial charge in [-0.1, -0.05) is 12.2 Å². The van der Waals surface area contributed by atoms with Crippen LogP contribution >= 0.6 is 0 Å². The number of guanidine groups is 1. The lowest BCUT2D eigenvalue weighted by molar-refractivity contribution is 0.600. The molecule has 0 amide bonds. The first-order chi connectivity index (χ1) is 8.80. The Labute approximate surface area is 113 Å². The Morgan fingerprint density at radius 1 is 1.58 bits per heavy atom. The number of rotatable bonds is 5. The normalized spacial score (nSPS) is 12.2. The van der Waals surface area contributed by atoms with E-state index in [0.29, 0.717) is 12.2 Å². The van der Waals surface area contributed by atoms with Gasteiger partial charge in [0.1, 0.15) is 0 Å². The molecule has 0 aliphatic carbocycles. The maximum Gasteiger partial charge on any atom is 0.189 e.